The Morgan fingerprint density at radius 1 is 1.24 bits per heavy atom. The standard InChI is InChI=1S/C14H19F5N2/c1-7-4-8(2)10(5-7)11-6-12(14(17,18)19)20-21(11)9(3)13(15)16/h6-10,13H,4-5H2,1-3H3/t7?,8?,9?,10-/m1/s1. The van der Waals surface area contributed by atoms with E-state index in [2.05, 4.69) is 5.10 Å². The van der Waals surface area contributed by atoms with Crippen molar-refractivity contribution in [1.82, 2.24) is 9.78 Å². The zero-order valence-electron chi connectivity index (χ0n) is 12.2. The molecule has 0 aliphatic heterocycles. The Hall–Kier alpha value is -1.14. The highest BCUT2D eigenvalue weighted by atomic mass is 19.4. The van der Waals surface area contributed by atoms with Crippen molar-refractivity contribution in [3.63, 3.8) is 0 Å². The summed E-state index contributed by atoms with van der Waals surface area (Å²) < 4.78 is 65.2. The Bertz CT molecular complexity index is 494. The van der Waals surface area contributed by atoms with E-state index in [-0.39, 0.29) is 17.5 Å². The Morgan fingerprint density at radius 2 is 1.86 bits per heavy atom. The molecule has 1 aromatic rings. The largest absolute Gasteiger partial charge is 0.435 e. The molecule has 3 unspecified atom stereocenters. The molecule has 0 spiro atoms. The third-order valence-electron chi connectivity index (χ3n) is 4.30. The molecular formula is C14H19F5N2. The van der Waals surface area contributed by atoms with Crippen LogP contribution >= 0.6 is 0 Å². The van der Waals surface area contributed by atoms with Gasteiger partial charge in [0.15, 0.2) is 5.69 Å². The van der Waals surface area contributed by atoms with Crippen LogP contribution in [0.1, 0.15) is 57.0 Å². The fourth-order valence-electron chi connectivity index (χ4n) is 3.23. The summed E-state index contributed by atoms with van der Waals surface area (Å²) in [5, 5.41) is 3.42. The topological polar surface area (TPSA) is 17.8 Å². The molecule has 0 radical (unpaired) electrons. The van der Waals surface area contributed by atoms with Gasteiger partial charge < -0.3 is 0 Å². The fraction of sp³-hybridized carbons (Fsp3) is 0.786. The number of hydrogen-bond acceptors (Lipinski definition) is 1. The zero-order chi connectivity index (χ0) is 15.9. The van der Waals surface area contributed by atoms with Crippen molar-refractivity contribution in [3.05, 3.63) is 17.5 Å². The van der Waals surface area contributed by atoms with Crippen molar-refractivity contribution < 1.29 is 22.0 Å². The summed E-state index contributed by atoms with van der Waals surface area (Å²) in [5.41, 5.74) is -0.802. The second kappa shape index (κ2) is 5.57. The molecule has 120 valence electrons. The number of nitrogens with zero attached hydrogens (tertiary/aromatic N) is 2. The first-order chi connectivity index (χ1) is 9.61. The van der Waals surface area contributed by atoms with Crippen molar-refractivity contribution in [2.24, 2.45) is 11.8 Å². The highest BCUT2D eigenvalue weighted by molar-refractivity contribution is 5.20. The summed E-state index contributed by atoms with van der Waals surface area (Å²) in [5.74, 6) is 0.399. The molecule has 0 aromatic carbocycles. The van der Waals surface area contributed by atoms with E-state index >= 15 is 0 Å². The van der Waals surface area contributed by atoms with Gasteiger partial charge in [-0.2, -0.15) is 18.3 Å². The number of aromatic nitrogens is 2. The maximum Gasteiger partial charge on any atom is 0.435 e. The first-order valence-corrected chi connectivity index (χ1v) is 7.06. The lowest BCUT2D eigenvalue weighted by Gasteiger charge is -2.21. The predicted octanol–water partition coefficient (Wildman–Crippen LogP) is 4.88. The first kappa shape index (κ1) is 16.2. The number of halogens is 5. The molecule has 4 atom stereocenters. The lowest BCUT2D eigenvalue weighted by Crippen LogP contribution is -2.20. The molecule has 2 nitrogen and oxygen atoms in total. The van der Waals surface area contributed by atoms with Crippen molar-refractivity contribution in [2.45, 2.75) is 58.2 Å². The summed E-state index contributed by atoms with van der Waals surface area (Å²) in [6.45, 7) is 5.18. The van der Waals surface area contributed by atoms with Gasteiger partial charge in [-0.1, -0.05) is 13.8 Å². The molecule has 21 heavy (non-hydrogen) atoms. The van der Waals surface area contributed by atoms with Gasteiger partial charge in [0.2, 0.25) is 0 Å². The molecule has 1 aliphatic carbocycles. The molecule has 1 aromatic heterocycles. The predicted molar refractivity (Wildman–Crippen MR) is 68.2 cm³/mol. The van der Waals surface area contributed by atoms with Crippen LogP contribution in [0.5, 0.6) is 0 Å². The SMILES string of the molecule is CC1CC(C)[C@H](c2cc(C(F)(F)F)nn2C(C)C(F)F)C1. The van der Waals surface area contributed by atoms with Crippen LogP contribution in [-0.4, -0.2) is 16.2 Å². The number of alkyl halides is 5. The smallest absolute Gasteiger partial charge is 0.260 e. The van der Waals surface area contributed by atoms with Gasteiger partial charge >= 0.3 is 6.18 Å². The lowest BCUT2D eigenvalue weighted by atomic mass is 9.94. The van der Waals surface area contributed by atoms with Crippen LogP contribution in [0.3, 0.4) is 0 Å². The lowest BCUT2D eigenvalue weighted by molar-refractivity contribution is -0.141. The van der Waals surface area contributed by atoms with Crippen LogP contribution in [0.4, 0.5) is 22.0 Å². The van der Waals surface area contributed by atoms with Crippen LogP contribution in [0.15, 0.2) is 6.07 Å². The van der Waals surface area contributed by atoms with Gasteiger partial charge in [-0.25, -0.2) is 8.78 Å². The minimum Gasteiger partial charge on any atom is -0.260 e. The molecule has 0 bridgehead atoms. The monoisotopic (exact) mass is 310 g/mol. The van der Waals surface area contributed by atoms with Crippen molar-refractivity contribution in [3.8, 4) is 0 Å². The summed E-state index contributed by atoms with van der Waals surface area (Å²) in [6, 6.07) is -0.419. The maximum absolute atomic E-state index is 12.9. The molecule has 0 amide bonds. The molecule has 2 rings (SSSR count). The minimum absolute atomic E-state index is 0.148. The summed E-state index contributed by atoms with van der Waals surface area (Å²) >= 11 is 0. The van der Waals surface area contributed by atoms with E-state index in [0.717, 1.165) is 17.2 Å². The van der Waals surface area contributed by atoms with Crippen molar-refractivity contribution >= 4 is 0 Å². The minimum atomic E-state index is -4.62. The van der Waals surface area contributed by atoms with Gasteiger partial charge in [0, 0.05) is 11.6 Å². The van der Waals surface area contributed by atoms with Gasteiger partial charge in [0.1, 0.15) is 6.04 Å². The van der Waals surface area contributed by atoms with Crippen LogP contribution in [0.25, 0.3) is 0 Å². The third-order valence-corrected chi connectivity index (χ3v) is 4.30. The van der Waals surface area contributed by atoms with E-state index in [1.165, 1.54) is 6.92 Å². The van der Waals surface area contributed by atoms with E-state index in [9.17, 15) is 22.0 Å². The van der Waals surface area contributed by atoms with E-state index in [1.54, 1.807) is 0 Å². The third kappa shape index (κ3) is 3.21. The summed E-state index contributed by atoms with van der Waals surface area (Å²) in [6.07, 6.45) is -5.77. The van der Waals surface area contributed by atoms with Gasteiger partial charge in [0.05, 0.1) is 0 Å². The molecule has 1 aliphatic rings. The van der Waals surface area contributed by atoms with Crippen LogP contribution in [0, 0.1) is 11.8 Å². The van der Waals surface area contributed by atoms with Gasteiger partial charge in [0.25, 0.3) is 6.43 Å². The van der Waals surface area contributed by atoms with E-state index in [0.29, 0.717) is 12.3 Å². The van der Waals surface area contributed by atoms with Crippen LogP contribution < -0.4 is 0 Å². The maximum atomic E-state index is 12.9. The first-order valence-electron chi connectivity index (χ1n) is 7.06. The molecular weight excluding hydrogens is 291 g/mol. The van der Waals surface area contributed by atoms with E-state index in [1.807, 2.05) is 13.8 Å². The Balaban J connectivity index is 2.45. The molecule has 1 heterocycles. The van der Waals surface area contributed by atoms with Crippen LogP contribution in [-0.2, 0) is 6.18 Å². The quantitative estimate of drug-likeness (QED) is 0.728. The average molecular weight is 310 g/mol. The summed E-state index contributed by atoms with van der Waals surface area (Å²) in [7, 11) is 0. The Labute approximate surface area is 120 Å². The highest BCUT2D eigenvalue weighted by Crippen LogP contribution is 2.44. The average Bonchev–Trinajstić information content (AvgIpc) is 2.90. The van der Waals surface area contributed by atoms with E-state index in [4.69, 9.17) is 0 Å². The Kier molecular flexibility index (Phi) is 4.31. The number of hydrogen-bond donors (Lipinski definition) is 0. The van der Waals surface area contributed by atoms with E-state index < -0.39 is 24.3 Å². The van der Waals surface area contributed by atoms with Crippen molar-refractivity contribution in [2.75, 3.05) is 0 Å². The Morgan fingerprint density at radius 3 is 2.29 bits per heavy atom. The van der Waals surface area contributed by atoms with Gasteiger partial charge in [-0.15, -0.1) is 0 Å². The van der Waals surface area contributed by atoms with Crippen molar-refractivity contribution in [1.29, 1.82) is 0 Å². The molecule has 1 fully saturated rings. The molecule has 7 heteroatoms. The van der Waals surface area contributed by atoms with Crippen LogP contribution in [0.2, 0.25) is 0 Å². The second-order valence-corrected chi connectivity index (χ2v) is 6.13. The normalized spacial score (nSPS) is 28.3. The second-order valence-electron chi connectivity index (χ2n) is 6.13. The highest BCUT2D eigenvalue weighted by Gasteiger charge is 2.40. The van der Waals surface area contributed by atoms with Gasteiger partial charge in [-0.3, -0.25) is 4.68 Å². The molecule has 0 N–H and O–H groups in total. The molecule has 1 saturated carbocycles. The van der Waals surface area contributed by atoms with Gasteiger partial charge in [-0.05, 0) is 37.7 Å². The fourth-order valence-corrected chi connectivity index (χ4v) is 3.23. The summed E-state index contributed by atoms with van der Waals surface area (Å²) in [4.78, 5) is 0. The molecule has 0 saturated heterocycles. The number of rotatable bonds is 3. The zero-order valence-corrected chi connectivity index (χ0v) is 12.2.